The molecule has 0 unspecified atom stereocenters. The molecule has 8 nitrogen and oxygen atoms in total. The number of sulfonamides is 1. The van der Waals surface area contributed by atoms with Gasteiger partial charge >= 0.3 is 6.09 Å². The number of carbonyl (C=O) groups excluding carboxylic acids is 1. The average Bonchev–Trinajstić information content (AvgIpc) is 2.93. The van der Waals surface area contributed by atoms with Gasteiger partial charge in [0.2, 0.25) is 10.0 Å². The molecular weight excluding hydrogens is 488 g/mol. The van der Waals surface area contributed by atoms with Gasteiger partial charge in [-0.25, -0.2) is 17.9 Å². The van der Waals surface area contributed by atoms with Crippen molar-refractivity contribution in [3.8, 4) is 11.3 Å². The number of nitrogens with one attached hydrogen (secondary N) is 1. The number of hydrogen-bond acceptors (Lipinski definition) is 6. The second-order valence-electron chi connectivity index (χ2n) is 8.55. The Morgan fingerprint density at radius 2 is 1.84 bits per heavy atom. The Morgan fingerprint density at radius 3 is 2.59 bits per heavy atom. The normalized spacial score (nSPS) is 11.4. The molecule has 0 saturated heterocycles. The first-order chi connectivity index (χ1) is 18.0. The van der Waals surface area contributed by atoms with Gasteiger partial charge in [0.05, 0.1) is 17.2 Å². The van der Waals surface area contributed by atoms with Crippen LogP contribution in [0.1, 0.15) is 25.3 Å². The fourth-order valence-electron chi connectivity index (χ4n) is 3.88. The molecule has 0 bridgehead atoms. The van der Waals surface area contributed by atoms with Crippen molar-refractivity contribution in [2.45, 2.75) is 31.2 Å². The Labute approximate surface area is 217 Å². The molecule has 2 aromatic heterocycles. The summed E-state index contributed by atoms with van der Waals surface area (Å²) in [5, 5.41) is 1.33. The number of ether oxygens (including phenoxy) is 1. The molecule has 0 saturated carbocycles. The van der Waals surface area contributed by atoms with E-state index in [1.807, 2.05) is 55.5 Å². The van der Waals surface area contributed by atoms with Crippen molar-refractivity contribution in [1.29, 1.82) is 0 Å². The predicted molar refractivity (Wildman–Crippen MR) is 143 cm³/mol. The van der Waals surface area contributed by atoms with Gasteiger partial charge in [0, 0.05) is 54.6 Å². The number of nitrogens with zero attached hydrogens (tertiary/aromatic N) is 3. The van der Waals surface area contributed by atoms with Crippen LogP contribution < -0.4 is 4.72 Å². The fraction of sp³-hybridized carbons (Fsp3) is 0.250. The van der Waals surface area contributed by atoms with Crippen LogP contribution in [-0.4, -0.2) is 49.1 Å². The van der Waals surface area contributed by atoms with Gasteiger partial charge in [-0.2, -0.15) is 0 Å². The largest absolute Gasteiger partial charge is 0.449 e. The number of rotatable bonds is 11. The minimum absolute atomic E-state index is 0.0404. The zero-order valence-electron chi connectivity index (χ0n) is 20.7. The minimum Gasteiger partial charge on any atom is -0.449 e. The third-order valence-electron chi connectivity index (χ3n) is 5.87. The van der Waals surface area contributed by atoms with Crippen molar-refractivity contribution < 1.29 is 17.9 Å². The lowest BCUT2D eigenvalue weighted by atomic mass is 10.1. The van der Waals surface area contributed by atoms with Crippen molar-refractivity contribution in [2.75, 3.05) is 19.7 Å². The summed E-state index contributed by atoms with van der Waals surface area (Å²) in [4.78, 5) is 22.9. The van der Waals surface area contributed by atoms with Crippen LogP contribution in [0.5, 0.6) is 0 Å². The molecule has 0 spiro atoms. The molecule has 4 rings (SSSR count). The second-order valence-corrected chi connectivity index (χ2v) is 10.3. The zero-order valence-corrected chi connectivity index (χ0v) is 21.5. The van der Waals surface area contributed by atoms with Crippen LogP contribution in [-0.2, 0) is 21.3 Å². The van der Waals surface area contributed by atoms with Gasteiger partial charge in [0.1, 0.15) is 0 Å². The van der Waals surface area contributed by atoms with E-state index < -0.39 is 16.1 Å². The van der Waals surface area contributed by atoms with E-state index in [0.29, 0.717) is 12.0 Å². The molecule has 4 aromatic rings. The maximum Gasteiger partial charge on any atom is 0.410 e. The van der Waals surface area contributed by atoms with Gasteiger partial charge in [-0.15, -0.1) is 0 Å². The summed E-state index contributed by atoms with van der Waals surface area (Å²) in [6.07, 6.45) is 6.13. The van der Waals surface area contributed by atoms with Gasteiger partial charge < -0.3 is 9.64 Å². The molecule has 1 amide bonds. The molecule has 0 atom stereocenters. The quantitative estimate of drug-likeness (QED) is 0.280. The molecule has 0 aliphatic carbocycles. The van der Waals surface area contributed by atoms with E-state index in [1.54, 1.807) is 36.8 Å². The lowest BCUT2D eigenvalue weighted by Crippen LogP contribution is -2.38. The molecule has 0 aliphatic heterocycles. The third kappa shape index (κ3) is 6.90. The lowest BCUT2D eigenvalue weighted by Gasteiger charge is -2.23. The summed E-state index contributed by atoms with van der Waals surface area (Å²) in [6.45, 7) is 2.82. The average molecular weight is 519 g/mol. The van der Waals surface area contributed by atoms with Crippen molar-refractivity contribution >= 4 is 26.9 Å². The van der Waals surface area contributed by atoms with E-state index in [4.69, 9.17) is 4.74 Å². The van der Waals surface area contributed by atoms with Crippen LogP contribution in [0.15, 0.2) is 90.2 Å². The summed E-state index contributed by atoms with van der Waals surface area (Å²) < 4.78 is 34.2. The van der Waals surface area contributed by atoms with Crippen LogP contribution in [0, 0.1) is 0 Å². The van der Waals surface area contributed by atoms with Crippen LogP contribution >= 0.6 is 0 Å². The van der Waals surface area contributed by atoms with Crippen LogP contribution in [0.25, 0.3) is 22.0 Å². The molecule has 2 aromatic carbocycles. The number of unbranched alkanes of at least 4 members (excludes halogenated alkanes) is 1. The highest BCUT2D eigenvalue weighted by Crippen LogP contribution is 2.22. The second kappa shape index (κ2) is 12.4. The fourth-order valence-corrected chi connectivity index (χ4v) is 5.13. The first-order valence-corrected chi connectivity index (χ1v) is 13.7. The van der Waals surface area contributed by atoms with Gasteiger partial charge in [-0.1, -0.05) is 55.8 Å². The Hall–Kier alpha value is -3.82. The number of aromatic nitrogens is 2. The van der Waals surface area contributed by atoms with Crippen LogP contribution in [0.2, 0.25) is 0 Å². The Kier molecular flexibility index (Phi) is 8.81. The summed E-state index contributed by atoms with van der Waals surface area (Å²) in [5.41, 5.74) is 2.74. The van der Waals surface area contributed by atoms with Crippen molar-refractivity contribution in [3.05, 3.63) is 90.9 Å². The van der Waals surface area contributed by atoms with Crippen molar-refractivity contribution in [2.24, 2.45) is 0 Å². The van der Waals surface area contributed by atoms with Gasteiger partial charge in [-0.3, -0.25) is 9.97 Å². The third-order valence-corrected chi connectivity index (χ3v) is 7.39. The molecule has 0 fully saturated rings. The van der Waals surface area contributed by atoms with E-state index in [1.165, 1.54) is 4.90 Å². The smallest absolute Gasteiger partial charge is 0.410 e. The highest BCUT2D eigenvalue weighted by molar-refractivity contribution is 7.89. The van der Waals surface area contributed by atoms with Crippen LogP contribution in [0.3, 0.4) is 0 Å². The molecule has 1 N–H and O–H groups in total. The maximum atomic E-state index is 13.1. The number of amides is 1. The number of fused-ring (bicyclic) bond motifs is 1. The van der Waals surface area contributed by atoms with E-state index in [9.17, 15) is 13.2 Å². The number of pyridine rings is 2. The number of carbonyl (C=O) groups is 1. The predicted octanol–water partition coefficient (Wildman–Crippen LogP) is 5.01. The van der Waals surface area contributed by atoms with E-state index in [-0.39, 0.29) is 24.5 Å². The van der Waals surface area contributed by atoms with Gasteiger partial charge in [0.15, 0.2) is 0 Å². The zero-order chi connectivity index (χ0) is 26.1. The first kappa shape index (κ1) is 26.2. The summed E-state index contributed by atoms with van der Waals surface area (Å²) in [7, 11) is -3.80. The van der Waals surface area contributed by atoms with Gasteiger partial charge in [0.25, 0.3) is 0 Å². The molecule has 37 heavy (non-hydrogen) atoms. The lowest BCUT2D eigenvalue weighted by molar-refractivity contribution is 0.0992. The highest BCUT2D eigenvalue weighted by atomic mass is 32.2. The summed E-state index contributed by atoms with van der Waals surface area (Å²) in [5.74, 6) is 0. The molecule has 9 heteroatoms. The Bertz CT molecular complexity index is 1420. The monoisotopic (exact) mass is 518 g/mol. The van der Waals surface area contributed by atoms with Crippen molar-refractivity contribution in [1.82, 2.24) is 19.6 Å². The van der Waals surface area contributed by atoms with E-state index >= 15 is 0 Å². The van der Waals surface area contributed by atoms with Crippen LogP contribution in [0.4, 0.5) is 4.79 Å². The molecule has 0 aliphatic rings. The highest BCUT2D eigenvalue weighted by Gasteiger charge is 2.20. The number of benzene rings is 2. The van der Waals surface area contributed by atoms with E-state index in [2.05, 4.69) is 14.7 Å². The Balaban J connectivity index is 1.45. The molecule has 0 radical (unpaired) electrons. The van der Waals surface area contributed by atoms with Crippen molar-refractivity contribution in [3.63, 3.8) is 0 Å². The number of hydrogen-bond donors (Lipinski definition) is 1. The van der Waals surface area contributed by atoms with E-state index in [0.717, 1.165) is 35.0 Å². The topological polar surface area (TPSA) is 101 Å². The summed E-state index contributed by atoms with van der Waals surface area (Å²) >= 11 is 0. The molecular formula is C28H30N4O4S. The molecule has 192 valence electrons. The Morgan fingerprint density at radius 1 is 1.00 bits per heavy atom. The SMILES string of the molecule is CCCCOC(=O)N(CCNS(=O)(=O)c1cccc2cnccc12)Cc1ccc(-c2ccccn2)cc1. The first-order valence-electron chi connectivity index (χ1n) is 12.2. The maximum absolute atomic E-state index is 13.1. The standard InChI is InChI=1S/C28H30N4O4S/c1-2-3-19-36-28(33)32(21-22-10-12-23(13-11-22)26-8-4-5-15-30-26)18-17-31-37(34,35)27-9-6-7-24-20-29-16-14-25(24)27/h4-16,20,31H,2-3,17-19,21H2,1H3. The molecule has 2 heterocycles. The minimum atomic E-state index is -3.80. The summed E-state index contributed by atoms with van der Waals surface area (Å²) in [6, 6.07) is 20.2. The van der Waals surface area contributed by atoms with Gasteiger partial charge in [-0.05, 0) is 36.2 Å².